The summed E-state index contributed by atoms with van der Waals surface area (Å²) < 4.78 is 0. The summed E-state index contributed by atoms with van der Waals surface area (Å²) in [6.07, 6.45) is 0. The van der Waals surface area contributed by atoms with Gasteiger partial charge in [0.05, 0.1) is 0 Å². The first-order valence-corrected chi connectivity index (χ1v) is 3.25. The van der Waals surface area contributed by atoms with Crippen molar-refractivity contribution >= 4 is 0 Å². The van der Waals surface area contributed by atoms with Crippen molar-refractivity contribution in [2.75, 3.05) is 0 Å². The van der Waals surface area contributed by atoms with E-state index in [-0.39, 0.29) is 18.6 Å². The van der Waals surface area contributed by atoms with E-state index in [0.29, 0.717) is 10.8 Å². The van der Waals surface area contributed by atoms with Gasteiger partial charge in [0.1, 0.15) is 0 Å². The molecular weight excluding hydrogens is 147 g/mol. The summed E-state index contributed by atoms with van der Waals surface area (Å²) in [5.74, 6) is 0. The zero-order valence-corrected chi connectivity index (χ0v) is 8.84. The number of hydrogen-bond donors (Lipinski definition) is 0. The minimum Gasteiger partial charge on any atom is -0.0597 e. The molecule has 0 saturated carbocycles. The molecule has 0 unspecified atom stereocenters. The molecule has 0 aliphatic carbocycles. The molecule has 0 fully saturated rings. The minimum atomic E-state index is 0. The van der Waals surface area contributed by atoms with Crippen LogP contribution in [0, 0.1) is 10.8 Å². The SMILES string of the molecule is CC(C)(C)C(C)(C)C.[V]. The van der Waals surface area contributed by atoms with E-state index < -0.39 is 0 Å². The van der Waals surface area contributed by atoms with Gasteiger partial charge in [0.15, 0.2) is 0 Å². The third kappa shape index (κ3) is 4.05. The Bertz CT molecular complexity index is 59.5. The molecule has 0 saturated heterocycles. The maximum atomic E-state index is 2.27. The third-order valence-corrected chi connectivity index (χ3v) is 2.25. The van der Waals surface area contributed by atoms with Crippen LogP contribution in [0.15, 0.2) is 0 Å². The van der Waals surface area contributed by atoms with E-state index in [1.807, 2.05) is 0 Å². The second-order valence-corrected chi connectivity index (χ2v) is 4.50. The second kappa shape index (κ2) is 3.12. The quantitative estimate of drug-likeness (QED) is 0.517. The Morgan fingerprint density at radius 3 is 0.667 bits per heavy atom. The van der Waals surface area contributed by atoms with Gasteiger partial charge in [-0.25, -0.2) is 0 Å². The van der Waals surface area contributed by atoms with Crippen molar-refractivity contribution in [3.05, 3.63) is 0 Å². The van der Waals surface area contributed by atoms with Gasteiger partial charge in [-0.3, -0.25) is 0 Å². The minimum absolute atomic E-state index is 0. The Morgan fingerprint density at radius 2 is 0.667 bits per heavy atom. The van der Waals surface area contributed by atoms with E-state index >= 15 is 0 Å². The van der Waals surface area contributed by atoms with E-state index in [2.05, 4.69) is 41.5 Å². The van der Waals surface area contributed by atoms with Crippen LogP contribution in [-0.4, -0.2) is 0 Å². The molecule has 0 atom stereocenters. The van der Waals surface area contributed by atoms with Crippen molar-refractivity contribution in [2.45, 2.75) is 41.5 Å². The molecule has 0 aliphatic rings. The van der Waals surface area contributed by atoms with E-state index in [1.165, 1.54) is 0 Å². The first-order chi connectivity index (χ1) is 3.25. The maximum Gasteiger partial charge on any atom is 0 e. The Morgan fingerprint density at radius 1 is 0.556 bits per heavy atom. The van der Waals surface area contributed by atoms with E-state index in [9.17, 15) is 0 Å². The average Bonchev–Trinajstić information content (AvgIpc) is 1.25. The molecule has 0 aromatic rings. The summed E-state index contributed by atoms with van der Waals surface area (Å²) in [7, 11) is 0. The molecule has 0 rings (SSSR count). The van der Waals surface area contributed by atoms with Crippen LogP contribution in [0.25, 0.3) is 0 Å². The fraction of sp³-hybridized carbons (Fsp3) is 1.00. The molecule has 0 aliphatic heterocycles. The van der Waals surface area contributed by atoms with Crippen molar-refractivity contribution in [1.82, 2.24) is 0 Å². The van der Waals surface area contributed by atoms with Crippen LogP contribution in [0.2, 0.25) is 0 Å². The van der Waals surface area contributed by atoms with Crippen molar-refractivity contribution in [3.8, 4) is 0 Å². The zero-order chi connectivity index (χ0) is 7.00. The number of rotatable bonds is 0. The summed E-state index contributed by atoms with van der Waals surface area (Å²) in [4.78, 5) is 0. The molecule has 0 aromatic carbocycles. The van der Waals surface area contributed by atoms with Crippen molar-refractivity contribution in [3.63, 3.8) is 0 Å². The monoisotopic (exact) mass is 165 g/mol. The molecule has 55 valence electrons. The molecule has 9 heavy (non-hydrogen) atoms. The Kier molecular flexibility index (Phi) is 4.25. The van der Waals surface area contributed by atoms with Crippen LogP contribution < -0.4 is 0 Å². The van der Waals surface area contributed by atoms with Crippen LogP contribution in [0.4, 0.5) is 0 Å². The molecule has 0 aromatic heterocycles. The van der Waals surface area contributed by atoms with E-state index in [0.717, 1.165) is 0 Å². The van der Waals surface area contributed by atoms with Crippen LogP contribution in [0.1, 0.15) is 41.5 Å². The van der Waals surface area contributed by atoms with Gasteiger partial charge in [0, 0.05) is 18.6 Å². The van der Waals surface area contributed by atoms with Crippen molar-refractivity contribution < 1.29 is 18.6 Å². The van der Waals surface area contributed by atoms with Crippen molar-refractivity contribution in [1.29, 1.82) is 0 Å². The fourth-order valence-electron chi connectivity index (χ4n) is 0. The molecule has 1 heteroatoms. The maximum absolute atomic E-state index is 2.27. The first-order valence-electron chi connectivity index (χ1n) is 3.25. The summed E-state index contributed by atoms with van der Waals surface area (Å²) in [5.41, 5.74) is 0.875. The molecule has 0 spiro atoms. The van der Waals surface area contributed by atoms with Gasteiger partial charge >= 0.3 is 0 Å². The summed E-state index contributed by atoms with van der Waals surface area (Å²) in [5, 5.41) is 0. The standard InChI is InChI=1S/C8H18.V/c1-7(2,3)8(4,5)6;/h1-6H3;. The normalized spacial score (nSPS) is 12.7. The first kappa shape index (κ1) is 12.3. The predicted octanol–water partition coefficient (Wildman–Crippen LogP) is 3.08. The molecule has 0 heterocycles. The molecule has 0 nitrogen and oxygen atoms in total. The fourth-order valence-corrected chi connectivity index (χ4v) is 0. The van der Waals surface area contributed by atoms with Crippen LogP contribution in [0.5, 0.6) is 0 Å². The molecule has 0 N–H and O–H groups in total. The third-order valence-electron chi connectivity index (χ3n) is 2.25. The molecule has 0 bridgehead atoms. The van der Waals surface area contributed by atoms with Gasteiger partial charge in [-0.1, -0.05) is 41.5 Å². The average molecular weight is 165 g/mol. The Balaban J connectivity index is 0. The molecule has 0 amide bonds. The van der Waals surface area contributed by atoms with Gasteiger partial charge in [-0.05, 0) is 10.8 Å². The van der Waals surface area contributed by atoms with Gasteiger partial charge in [0.25, 0.3) is 0 Å². The van der Waals surface area contributed by atoms with Crippen LogP contribution in [0.3, 0.4) is 0 Å². The summed E-state index contributed by atoms with van der Waals surface area (Å²) in [6.45, 7) is 13.6. The number of hydrogen-bond acceptors (Lipinski definition) is 0. The summed E-state index contributed by atoms with van der Waals surface area (Å²) in [6, 6.07) is 0. The Hall–Kier alpha value is 0.584. The summed E-state index contributed by atoms with van der Waals surface area (Å²) >= 11 is 0. The van der Waals surface area contributed by atoms with Gasteiger partial charge < -0.3 is 0 Å². The van der Waals surface area contributed by atoms with Crippen LogP contribution in [-0.2, 0) is 18.6 Å². The van der Waals surface area contributed by atoms with Gasteiger partial charge in [-0.2, -0.15) is 0 Å². The Labute approximate surface area is 71.3 Å². The molecular formula is C8H18V. The van der Waals surface area contributed by atoms with Gasteiger partial charge in [-0.15, -0.1) is 0 Å². The second-order valence-electron chi connectivity index (χ2n) is 4.50. The largest absolute Gasteiger partial charge is 0.0597 e. The van der Waals surface area contributed by atoms with E-state index in [1.54, 1.807) is 0 Å². The smallest absolute Gasteiger partial charge is 0 e. The van der Waals surface area contributed by atoms with Crippen molar-refractivity contribution in [2.24, 2.45) is 10.8 Å². The topological polar surface area (TPSA) is 0 Å². The van der Waals surface area contributed by atoms with Crippen LogP contribution >= 0.6 is 0 Å². The zero-order valence-electron chi connectivity index (χ0n) is 7.45. The van der Waals surface area contributed by atoms with E-state index in [4.69, 9.17) is 0 Å². The molecule has 1 radical (unpaired) electrons. The predicted molar refractivity (Wildman–Crippen MR) is 38.9 cm³/mol. The van der Waals surface area contributed by atoms with Gasteiger partial charge in [0.2, 0.25) is 0 Å².